The number of unbranched alkanes of at least 4 members (excludes halogenated alkanes) is 2. The maximum absolute atomic E-state index is 8.20. The molecular weight excluding hydrogens is 136 g/mol. The van der Waals surface area contributed by atoms with Crippen molar-refractivity contribution in [3.05, 3.63) is 0 Å². The average molecular weight is 150 g/mol. The van der Waals surface area contributed by atoms with Crippen molar-refractivity contribution in [1.82, 2.24) is 5.32 Å². The third kappa shape index (κ3) is 9.01. The van der Waals surface area contributed by atoms with E-state index < -0.39 is 0 Å². The van der Waals surface area contributed by atoms with Gasteiger partial charge in [0, 0.05) is 12.8 Å². The third-order valence-corrected chi connectivity index (χ3v) is 1.32. The molecule has 0 saturated carbocycles. The van der Waals surface area contributed by atoms with Crippen molar-refractivity contribution >= 4 is 0 Å². The number of nitriles is 1. The summed E-state index contributed by atoms with van der Waals surface area (Å²) < 4.78 is 0. The van der Waals surface area contributed by atoms with Crippen LogP contribution in [0.3, 0.4) is 0 Å². The van der Waals surface area contributed by atoms with Crippen LogP contribution in [0.1, 0.15) is 25.7 Å². The van der Waals surface area contributed by atoms with Gasteiger partial charge in [-0.2, -0.15) is 5.26 Å². The summed E-state index contributed by atoms with van der Waals surface area (Å²) in [6, 6.07) is 2.10. The zero-order valence-corrected chi connectivity index (χ0v) is 6.77. The Morgan fingerprint density at radius 3 is 2.36 bits per heavy atom. The number of hydrogen-bond acceptors (Lipinski definition) is 2. The SMILES string of the molecule is C#CCCCNCCCC#N. The van der Waals surface area contributed by atoms with Crippen LogP contribution in [0.5, 0.6) is 0 Å². The maximum Gasteiger partial charge on any atom is 0.0622 e. The highest BCUT2D eigenvalue weighted by molar-refractivity contribution is 4.83. The molecule has 2 heteroatoms. The molecule has 0 amide bonds. The predicted molar refractivity (Wildman–Crippen MR) is 45.8 cm³/mol. The van der Waals surface area contributed by atoms with Crippen molar-refractivity contribution in [2.45, 2.75) is 25.7 Å². The van der Waals surface area contributed by atoms with Gasteiger partial charge in [0.25, 0.3) is 0 Å². The van der Waals surface area contributed by atoms with Gasteiger partial charge >= 0.3 is 0 Å². The van der Waals surface area contributed by atoms with Crippen LogP contribution in [0, 0.1) is 23.7 Å². The van der Waals surface area contributed by atoms with E-state index in [1.54, 1.807) is 0 Å². The summed E-state index contributed by atoms with van der Waals surface area (Å²) >= 11 is 0. The van der Waals surface area contributed by atoms with Crippen LogP contribution >= 0.6 is 0 Å². The molecule has 0 rings (SSSR count). The van der Waals surface area contributed by atoms with Gasteiger partial charge in [-0.25, -0.2) is 0 Å². The van der Waals surface area contributed by atoms with Crippen LogP contribution in [0.2, 0.25) is 0 Å². The topological polar surface area (TPSA) is 35.8 Å². The van der Waals surface area contributed by atoms with Crippen LogP contribution < -0.4 is 5.32 Å². The molecule has 0 aromatic rings. The molecular formula is C9H14N2. The Bertz CT molecular complexity index is 132. The van der Waals surface area contributed by atoms with Gasteiger partial charge in [0.05, 0.1) is 6.07 Å². The Labute approximate surface area is 68.6 Å². The van der Waals surface area contributed by atoms with E-state index in [1.807, 2.05) is 0 Å². The van der Waals surface area contributed by atoms with Crippen molar-refractivity contribution in [3.63, 3.8) is 0 Å². The second-order valence-electron chi connectivity index (χ2n) is 2.32. The summed E-state index contributed by atoms with van der Waals surface area (Å²) in [4.78, 5) is 0. The van der Waals surface area contributed by atoms with Crippen LogP contribution in [0.15, 0.2) is 0 Å². The van der Waals surface area contributed by atoms with Gasteiger partial charge in [-0.1, -0.05) is 0 Å². The molecule has 0 aliphatic rings. The Hall–Kier alpha value is -0.990. The molecule has 0 aliphatic heterocycles. The van der Waals surface area contributed by atoms with Gasteiger partial charge in [0.15, 0.2) is 0 Å². The lowest BCUT2D eigenvalue weighted by Crippen LogP contribution is -2.16. The molecule has 0 aliphatic carbocycles. The van der Waals surface area contributed by atoms with E-state index in [4.69, 9.17) is 11.7 Å². The van der Waals surface area contributed by atoms with E-state index in [2.05, 4.69) is 17.3 Å². The van der Waals surface area contributed by atoms with E-state index in [-0.39, 0.29) is 0 Å². The number of nitrogens with one attached hydrogen (secondary N) is 1. The number of nitrogens with zero attached hydrogens (tertiary/aromatic N) is 1. The molecule has 60 valence electrons. The Morgan fingerprint density at radius 2 is 1.82 bits per heavy atom. The molecule has 0 bridgehead atoms. The van der Waals surface area contributed by atoms with Crippen LogP contribution in [0.4, 0.5) is 0 Å². The largest absolute Gasteiger partial charge is 0.317 e. The second-order valence-corrected chi connectivity index (χ2v) is 2.32. The summed E-state index contributed by atoms with van der Waals surface area (Å²) in [6.07, 6.45) is 8.52. The monoisotopic (exact) mass is 150 g/mol. The fourth-order valence-electron chi connectivity index (χ4n) is 0.733. The Kier molecular flexibility index (Phi) is 8.20. The molecule has 0 fully saturated rings. The van der Waals surface area contributed by atoms with Crippen LogP contribution in [0.25, 0.3) is 0 Å². The fraction of sp³-hybridized carbons (Fsp3) is 0.667. The van der Waals surface area contributed by atoms with Gasteiger partial charge in [0.1, 0.15) is 0 Å². The van der Waals surface area contributed by atoms with E-state index in [0.29, 0.717) is 6.42 Å². The molecule has 0 saturated heterocycles. The van der Waals surface area contributed by atoms with E-state index in [0.717, 1.165) is 32.4 Å². The maximum atomic E-state index is 8.20. The minimum Gasteiger partial charge on any atom is -0.317 e. The molecule has 11 heavy (non-hydrogen) atoms. The minimum atomic E-state index is 0.641. The third-order valence-electron chi connectivity index (χ3n) is 1.32. The van der Waals surface area contributed by atoms with Gasteiger partial charge in [-0.15, -0.1) is 12.3 Å². The highest BCUT2D eigenvalue weighted by Crippen LogP contribution is 1.85. The molecule has 2 nitrogen and oxygen atoms in total. The van der Waals surface area contributed by atoms with Crippen molar-refractivity contribution in [2.75, 3.05) is 13.1 Å². The van der Waals surface area contributed by atoms with E-state index in [9.17, 15) is 0 Å². The summed E-state index contributed by atoms with van der Waals surface area (Å²) in [5.74, 6) is 2.58. The van der Waals surface area contributed by atoms with Crippen LogP contribution in [-0.4, -0.2) is 13.1 Å². The Balaban J connectivity index is 2.82. The molecule has 0 spiro atoms. The zero-order valence-electron chi connectivity index (χ0n) is 6.77. The Morgan fingerprint density at radius 1 is 1.18 bits per heavy atom. The quantitative estimate of drug-likeness (QED) is 0.457. The summed E-state index contributed by atoms with van der Waals surface area (Å²) in [5.41, 5.74) is 0. The van der Waals surface area contributed by atoms with Gasteiger partial charge in [0.2, 0.25) is 0 Å². The zero-order chi connectivity index (χ0) is 8.36. The van der Waals surface area contributed by atoms with Crippen molar-refractivity contribution in [3.8, 4) is 18.4 Å². The van der Waals surface area contributed by atoms with Crippen LogP contribution in [-0.2, 0) is 0 Å². The van der Waals surface area contributed by atoms with Gasteiger partial charge in [-0.3, -0.25) is 0 Å². The summed E-state index contributed by atoms with van der Waals surface area (Å²) in [5, 5.41) is 11.4. The lowest BCUT2D eigenvalue weighted by Gasteiger charge is -1.99. The standard InChI is InChI=1S/C9H14N2/c1-2-3-5-8-11-9-6-4-7-10/h1,11H,3-6,8-9H2. The van der Waals surface area contributed by atoms with Gasteiger partial charge < -0.3 is 5.32 Å². The molecule has 0 atom stereocenters. The highest BCUT2D eigenvalue weighted by Gasteiger charge is 1.86. The molecule has 0 unspecified atom stereocenters. The first-order valence-electron chi connectivity index (χ1n) is 3.93. The molecule has 1 N–H and O–H groups in total. The summed E-state index contributed by atoms with van der Waals surface area (Å²) in [6.45, 7) is 1.90. The molecule has 0 aromatic carbocycles. The number of rotatable bonds is 6. The predicted octanol–water partition coefficient (Wildman–Crippen LogP) is 1.29. The molecule has 0 aromatic heterocycles. The van der Waals surface area contributed by atoms with E-state index in [1.165, 1.54) is 0 Å². The fourth-order valence-corrected chi connectivity index (χ4v) is 0.733. The average Bonchev–Trinajstić information content (AvgIpc) is 2.03. The number of hydrogen-bond donors (Lipinski definition) is 1. The first-order chi connectivity index (χ1) is 5.41. The normalized spacial score (nSPS) is 8.55. The second kappa shape index (κ2) is 9.01. The minimum absolute atomic E-state index is 0.641. The lowest BCUT2D eigenvalue weighted by molar-refractivity contribution is 0.635. The highest BCUT2D eigenvalue weighted by atomic mass is 14.8. The van der Waals surface area contributed by atoms with Crippen molar-refractivity contribution in [1.29, 1.82) is 5.26 Å². The first-order valence-corrected chi connectivity index (χ1v) is 3.93. The lowest BCUT2D eigenvalue weighted by atomic mass is 10.3. The molecule has 0 radical (unpaired) electrons. The van der Waals surface area contributed by atoms with Crippen molar-refractivity contribution < 1.29 is 0 Å². The number of terminal acetylenes is 1. The summed E-state index contributed by atoms with van der Waals surface area (Å²) in [7, 11) is 0. The van der Waals surface area contributed by atoms with Crippen molar-refractivity contribution in [2.24, 2.45) is 0 Å². The van der Waals surface area contributed by atoms with Gasteiger partial charge in [-0.05, 0) is 25.9 Å². The smallest absolute Gasteiger partial charge is 0.0622 e. The molecule has 0 heterocycles. The van der Waals surface area contributed by atoms with E-state index >= 15 is 0 Å². The first kappa shape index (κ1) is 10.0.